The van der Waals surface area contributed by atoms with Gasteiger partial charge in [0.1, 0.15) is 17.2 Å². The molecule has 0 atom stereocenters. The Morgan fingerprint density at radius 2 is 1.93 bits per heavy atom. The van der Waals surface area contributed by atoms with Crippen LogP contribution in [0.1, 0.15) is 21.5 Å². The van der Waals surface area contributed by atoms with Crippen LogP contribution in [0.4, 0.5) is 0 Å². The van der Waals surface area contributed by atoms with E-state index in [1.54, 1.807) is 36.4 Å². The smallest absolute Gasteiger partial charge is 0.189 e. The third kappa shape index (κ3) is 5.48. The fourth-order valence-corrected chi connectivity index (χ4v) is 3.00. The number of allylic oxidation sites excluding steroid dienone is 1. The van der Waals surface area contributed by atoms with Crippen molar-refractivity contribution in [1.29, 1.82) is 0 Å². The van der Waals surface area contributed by atoms with Crippen LogP contribution in [0, 0.1) is 0 Å². The maximum absolute atomic E-state index is 12.8. The Bertz CT molecular complexity index is 895. The highest BCUT2D eigenvalue weighted by Gasteiger charge is 2.16. The van der Waals surface area contributed by atoms with E-state index in [-0.39, 0.29) is 26.2 Å². The van der Waals surface area contributed by atoms with E-state index in [1.807, 2.05) is 0 Å². The minimum Gasteiger partial charge on any atom is -0.467 e. The van der Waals surface area contributed by atoms with Crippen LogP contribution in [-0.4, -0.2) is 40.4 Å². The van der Waals surface area contributed by atoms with Crippen LogP contribution in [0.25, 0.3) is 6.08 Å². The standard InChI is InChI=1S/C21H21ClO7/c1-24-11-27-17-4-5-18(20(9-17)28-12-25-2)19(23)6-3-14-7-16(22)8-15-10-26-13-29-21(14)15/h3-9H,10-13H2,1-2H3/b6-3+. The SMILES string of the molecule is COCOc1ccc(C(=O)/C=C/c2cc(Cl)cc3c2OCOC3)c(OCOC)c1. The van der Waals surface area contributed by atoms with Crippen molar-refractivity contribution in [2.75, 3.05) is 34.6 Å². The van der Waals surface area contributed by atoms with E-state index in [4.69, 9.17) is 40.0 Å². The predicted molar refractivity (Wildman–Crippen MR) is 107 cm³/mol. The van der Waals surface area contributed by atoms with Crippen LogP contribution < -0.4 is 14.2 Å². The summed E-state index contributed by atoms with van der Waals surface area (Å²) in [6.45, 7) is 0.637. The van der Waals surface area contributed by atoms with Crippen molar-refractivity contribution in [3.05, 3.63) is 58.1 Å². The number of carbonyl (C=O) groups is 1. The monoisotopic (exact) mass is 420 g/mol. The lowest BCUT2D eigenvalue weighted by Crippen LogP contribution is -2.12. The van der Waals surface area contributed by atoms with Gasteiger partial charge in [-0.15, -0.1) is 0 Å². The van der Waals surface area contributed by atoms with Crippen molar-refractivity contribution in [3.8, 4) is 17.2 Å². The molecule has 7 nitrogen and oxygen atoms in total. The molecule has 0 aromatic heterocycles. The van der Waals surface area contributed by atoms with Gasteiger partial charge in [0.05, 0.1) is 12.2 Å². The Balaban J connectivity index is 1.85. The molecule has 0 spiro atoms. The number of ketones is 1. The van der Waals surface area contributed by atoms with Crippen molar-refractivity contribution in [3.63, 3.8) is 0 Å². The van der Waals surface area contributed by atoms with E-state index in [0.717, 1.165) is 5.56 Å². The normalized spacial score (nSPS) is 13.1. The summed E-state index contributed by atoms with van der Waals surface area (Å²) in [4.78, 5) is 12.8. The molecular weight excluding hydrogens is 400 g/mol. The number of halogens is 1. The molecule has 1 heterocycles. The first-order valence-electron chi connectivity index (χ1n) is 8.75. The first kappa shape index (κ1) is 21.1. The molecule has 2 aromatic rings. The van der Waals surface area contributed by atoms with E-state index in [2.05, 4.69) is 0 Å². The molecule has 8 heteroatoms. The molecule has 0 amide bonds. The highest BCUT2D eigenvalue weighted by atomic mass is 35.5. The Labute approximate surface area is 173 Å². The van der Waals surface area contributed by atoms with Crippen LogP contribution in [0.2, 0.25) is 5.02 Å². The zero-order chi connectivity index (χ0) is 20.6. The molecule has 0 N–H and O–H groups in total. The average molecular weight is 421 g/mol. The van der Waals surface area contributed by atoms with E-state index < -0.39 is 0 Å². The molecule has 0 saturated heterocycles. The van der Waals surface area contributed by atoms with Crippen LogP contribution in [0.15, 0.2) is 36.4 Å². The molecule has 154 valence electrons. The number of benzene rings is 2. The quantitative estimate of drug-likeness (QED) is 0.344. The molecular formula is C21H21ClO7. The van der Waals surface area contributed by atoms with Gasteiger partial charge in [-0.2, -0.15) is 0 Å². The maximum atomic E-state index is 12.8. The molecule has 0 unspecified atom stereocenters. The molecule has 0 saturated carbocycles. The van der Waals surface area contributed by atoms with Crippen molar-refractivity contribution in [2.45, 2.75) is 6.61 Å². The van der Waals surface area contributed by atoms with Gasteiger partial charge in [-0.1, -0.05) is 11.6 Å². The molecule has 1 aliphatic heterocycles. The van der Waals surface area contributed by atoms with Gasteiger partial charge in [0.25, 0.3) is 0 Å². The van der Waals surface area contributed by atoms with E-state index >= 15 is 0 Å². The Morgan fingerprint density at radius 3 is 2.72 bits per heavy atom. The van der Waals surface area contributed by atoms with Gasteiger partial charge in [0.2, 0.25) is 0 Å². The molecule has 0 bridgehead atoms. The zero-order valence-electron chi connectivity index (χ0n) is 16.1. The van der Waals surface area contributed by atoms with Crippen LogP contribution in [-0.2, 0) is 20.8 Å². The van der Waals surface area contributed by atoms with Gasteiger partial charge in [-0.3, -0.25) is 4.79 Å². The lowest BCUT2D eigenvalue weighted by atomic mass is 10.0. The molecule has 1 aliphatic rings. The van der Waals surface area contributed by atoms with Gasteiger partial charge in [-0.05, 0) is 36.4 Å². The fourth-order valence-electron chi connectivity index (χ4n) is 2.75. The average Bonchev–Trinajstić information content (AvgIpc) is 2.74. The maximum Gasteiger partial charge on any atom is 0.189 e. The summed E-state index contributed by atoms with van der Waals surface area (Å²) in [7, 11) is 3.02. The minimum atomic E-state index is -0.254. The lowest BCUT2D eigenvalue weighted by Gasteiger charge is -2.19. The Kier molecular flexibility index (Phi) is 7.48. The Hall–Kier alpha value is -2.58. The highest BCUT2D eigenvalue weighted by Crippen LogP contribution is 2.33. The molecule has 0 fully saturated rings. The predicted octanol–water partition coefficient (Wildman–Crippen LogP) is 4.07. The molecule has 3 rings (SSSR count). The van der Waals surface area contributed by atoms with Gasteiger partial charge >= 0.3 is 0 Å². The zero-order valence-corrected chi connectivity index (χ0v) is 16.9. The van der Waals surface area contributed by atoms with Crippen LogP contribution in [0.3, 0.4) is 0 Å². The topological polar surface area (TPSA) is 72.5 Å². The third-order valence-electron chi connectivity index (χ3n) is 4.01. The molecule has 29 heavy (non-hydrogen) atoms. The largest absolute Gasteiger partial charge is 0.467 e. The number of hydrogen-bond donors (Lipinski definition) is 0. The summed E-state index contributed by atoms with van der Waals surface area (Å²) in [5.74, 6) is 1.25. The molecule has 2 aromatic carbocycles. The molecule has 0 aliphatic carbocycles. The van der Waals surface area contributed by atoms with Gasteiger partial charge in [-0.25, -0.2) is 0 Å². The van der Waals surface area contributed by atoms with E-state index in [1.165, 1.54) is 20.3 Å². The van der Waals surface area contributed by atoms with Crippen molar-refractivity contribution in [1.82, 2.24) is 0 Å². The number of carbonyl (C=O) groups excluding carboxylic acids is 1. The summed E-state index contributed by atoms with van der Waals surface area (Å²) in [6, 6.07) is 8.42. The second kappa shape index (κ2) is 10.3. The van der Waals surface area contributed by atoms with Crippen LogP contribution in [0.5, 0.6) is 17.2 Å². The van der Waals surface area contributed by atoms with Gasteiger partial charge in [0, 0.05) is 36.4 Å². The van der Waals surface area contributed by atoms with Crippen molar-refractivity contribution < 1.29 is 33.2 Å². The third-order valence-corrected chi connectivity index (χ3v) is 4.23. The number of hydrogen-bond acceptors (Lipinski definition) is 7. The fraction of sp³-hybridized carbons (Fsp3) is 0.286. The van der Waals surface area contributed by atoms with Crippen molar-refractivity contribution >= 4 is 23.5 Å². The van der Waals surface area contributed by atoms with E-state index in [9.17, 15) is 4.79 Å². The van der Waals surface area contributed by atoms with Gasteiger partial charge < -0.3 is 28.4 Å². The molecule has 0 radical (unpaired) electrons. The first-order valence-corrected chi connectivity index (χ1v) is 9.13. The lowest BCUT2D eigenvalue weighted by molar-refractivity contribution is -0.0165. The second-order valence-electron chi connectivity index (χ2n) is 6.05. The summed E-state index contributed by atoms with van der Waals surface area (Å²) < 4.78 is 31.6. The Morgan fingerprint density at radius 1 is 1.14 bits per heavy atom. The van der Waals surface area contributed by atoms with Gasteiger partial charge in [0.15, 0.2) is 26.2 Å². The summed E-state index contributed by atoms with van der Waals surface area (Å²) in [5.41, 5.74) is 1.89. The van der Waals surface area contributed by atoms with Crippen LogP contribution >= 0.6 is 11.6 Å². The first-order chi connectivity index (χ1) is 14.1. The second-order valence-corrected chi connectivity index (χ2v) is 6.49. The van der Waals surface area contributed by atoms with E-state index in [0.29, 0.717) is 40.0 Å². The van der Waals surface area contributed by atoms with Crippen molar-refractivity contribution in [2.24, 2.45) is 0 Å². The minimum absolute atomic E-state index is 0.00658. The number of methoxy groups -OCH3 is 2. The summed E-state index contributed by atoms with van der Waals surface area (Å²) in [6.07, 6.45) is 3.10. The highest BCUT2D eigenvalue weighted by molar-refractivity contribution is 6.30. The summed E-state index contributed by atoms with van der Waals surface area (Å²) >= 11 is 6.17. The number of fused-ring (bicyclic) bond motifs is 1. The number of ether oxygens (including phenoxy) is 6. The summed E-state index contributed by atoms with van der Waals surface area (Å²) in [5, 5.41) is 0.536. The number of rotatable bonds is 9.